The van der Waals surface area contributed by atoms with Crippen LogP contribution in [0.25, 0.3) is 6.08 Å². The third kappa shape index (κ3) is 4.36. The summed E-state index contributed by atoms with van der Waals surface area (Å²) < 4.78 is 18.1. The second-order valence-electron chi connectivity index (χ2n) is 3.81. The Kier molecular flexibility index (Phi) is 5.67. The molecule has 0 aliphatic carbocycles. The van der Waals surface area contributed by atoms with E-state index in [0.717, 1.165) is 6.08 Å². The molecule has 1 amide bonds. The van der Waals surface area contributed by atoms with E-state index in [1.807, 2.05) is 0 Å². The van der Waals surface area contributed by atoms with Crippen molar-refractivity contribution in [1.82, 2.24) is 5.32 Å². The molecule has 0 bridgehead atoms. The van der Waals surface area contributed by atoms with Gasteiger partial charge in [-0.2, -0.15) is 0 Å². The van der Waals surface area contributed by atoms with Crippen LogP contribution in [0.2, 0.25) is 0 Å². The Bertz CT molecular complexity index is 529. The highest BCUT2D eigenvalue weighted by molar-refractivity contribution is 5.94. The summed E-state index contributed by atoms with van der Waals surface area (Å²) in [6, 6.07) is 2.73. The van der Waals surface area contributed by atoms with Crippen molar-refractivity contribution in [3.63, 3.8) is 0 Å². The number of carbonyl (C=O) groups is 2. The average molecular weight is 283 g/mol. The lowest BCUT2D eigenvalue weighted by atomic mass is 10.2. The van der Waals surface area contributed by atoms with Crippen LogP contribution < -0.4 is 10.1 Å². The topological polar surface area (TPSA) is 95.9 Å². The first-order chi connectivity index (χ1) is 9.47. The first-order valence-corrected chi connectivity index (χ1v) is 5.63. The van der Waals surface area contributed by atoms with Gasteiger partial charge in [-0.15, -0.1) is 0 Å². The fraction of sp³-hybridized carbons (Fsp3) is 0.231. The van der Waals surface area contributed by atoms with Crippen molar-refractivity contribution in [2.24, 2.45) is 0 Å². The van der Waals surface area contributed by atoms with Crippen LogP contribution in [0.4, 0.5) is 4.39 Å². The summed E-state index contributed by atoms with van der Waals surface area (Å²) in [7, 11) is 1.34. The molecule has 0 aliphatic rings. The van der Waals surface area contributed by atoms with Crippen molar-refractivity contribution in [3.8, 4) is 5.75 Å². The van der Waals surface area contributed by atoms with Crippen molar-refractivity contribution in [3.05, 3.63) is 35.7 Å². The van der Waals surface area contributed by atoms with E-state index < -0.39 is 30.3 Å². The standard InChI is InChI=1S/C13H14FNO5/c1-20-11-4-2-8(6-9(11)14)3-5-12(17)15-10(7-16)13(18)19/h2-6,10,16H,7H2,1H3,(H,15,17)(H,18,19)/b5-3+/t10-/m0/s1. The number of nitrogens with one attached hydrogen (secondary N) is 1. The quantitative estimate of drug-likeness (QED) is 0.657. The predicted octanol–water partition coefficient (Wildman–Crippen LogP) is 0.409. The van der Waals surface area contributed by atoms with Gasteiger partial charge in [0, 0.05) is 6.08 Å². The zero-order chi connectivity index (χ0) is 15.1. The summed E-state index contributed by atoms with van der Waals surface area (Å²) in [5.41, 5.74) is 0.411. The highest BCUT2D eigenvalue weighted by atomic mass is 19.1. The van der Waals surface area contributed by atoms with E-state index in [1.165, 1.54) is 31.4 Å². The molecule has 108 valence electrons. The van der Waals surface area contributed by atoms with Crippen LogP contribution >= 0.6 is 0 Å². The smallest absolute Gasteiger partial charge is 0.328 e. The second kappa shape index (κ2) is 7.25. The Hall–Kier alpha value is -2.41. The number of aliphatic hydroxyl groups is 1. The molecule has 0 saturated heterocycles. The number of ether oxygens (including phenoxy) is 1. The normalized spacial score (nSPS) is 12.2. The number of carboxylic acids is 1. The molecule has 1 rings (SSSR count). The minimum Gasteiger partial charge on any atom is -0.494 e. The van der Waals surface area contributed by atoms with Gasteiger partial charge in [0.15, 0.2) is 17.6 Å². The van der Waals surface area contributed by atoms with Gasteiger partial charge in [0.1, 0.15) is 0 Å². The van der Waals surface area contributed by atoms with Gasteiger partial charge < -0.3 is 20.3 Å². The lowest BCUT2D eigenvalue weighted by molar-refractivity contribution is -0.142. The summed E-state index contributed by atoms with van der Waals surface area (Å²) in [5.74, 6) is -2.54. The Balaban J connectivity index is 2.70. The van der Waals surface area contributed by atoms with Crippen molar-refractivity contribution >= 4 is 18.0 Å². The molecule has 1 aromatic rings. The van der Waals surface area contributed by atoms with Crippen LogP contribution in [0, 0.1) is 5.82 Å². The summed E-state index contributed by atoms with van der Waals surface area (Å²) in [4.78, 5) is 22.0. The van der Waals surface area contributed by atoms with E-state index in [2.05, 4.69) is 5.32 Å². The van der Waals surface area contributed by atoms with Crippen LogP contribution in [0.1, 0.15) is 5.56 Å². The maximum absolute atomic E-state index is 13.4. The van der Waals surface area contributed by atoms with Crippen molar-refractivity contribution < 1.29 is 28.9 Å². The van der Waals surface area contributed by atoms with E-state index in [0.29, 0.717) is 5.56 Å². The zero-order valence-electron chi connectivity index (χ0n) is 10.7. The van der Waals surface area contributed by atoms with Gasteiger partial charge >= 0.3 is 5.97 Å². The third-order valence-electron chi connectivity index (χ3n) is 2.40. The number of benzene rings is 1. The Morgan fingerprint density at radius 3 is 2.70 bits per heavy atom. The number of aliphatic hydroxyl groups excluding tert-OH is 1. The van der Waals surface area contributed by atoms with Crippen LogP contribution in [0.5, 0.6) is 5.75 Å². The van der Waals surface area contributed by atoms with Crippen LogP contribution in [0.15, 0.2) is 24.3 Å². The van der Waals surface area contributed by atoms with E-state index in [1.54, 1.807) is 0 Å². The highest BCUT2D eigenvalue weighted by Crippen LogP contribution is 2.18. The first-order valence-electron chi connectivity index (χ1n) is 5.63. The molecule has 3 N–H and O–H groups in total. The molecular weight excluding hydrogens is 269 g/mol. The van der Waals surface area contributed by atoms with Crippen LogP contribution in [-0.2, 0) is 9.59 Å². The molecule has 7 heteroatoms. The molecule has 1 atom stereocenters. The zero-order valence-corrected chi connectivity index (χ0v) is 10.7. The van der Waals surface area contributed by atoms with Crippen LogP contribution in [0.3, 0.4) is 0 Å². The minimum atomic E-state index is -1.38. The first kappa shape index (κ1) is 15.6. The van der Waals surface area contributed by atoms with Gasteiger partial charge in [0.25, 0.3) is 0 Å². The molecule has 1 aromatic carbocycles. The Morgan fingerprint density at radius 1 is 1.50 bits per heavy atom. The van der Waals surface area contributed by atoms with Gasteiger partial charge in [-0.3, -0.25) is 4.79 Å². The number of carboxylic acid groups (broad SMARTS) is 1. The maximum atomic E-state index is 13.4. The SMILES string of the molecule is COc1ccc(/C=C/C(=O)N[C@@H](CO)C(=O)O)cc1F. The lowest BCUT2D eigenvalue weighted by Gasteiger charge is -2.09. The molecule has 0 spiro atoms. The lowest BCUT2D eigenvalue weighted by Crippen LogP contribution is -2.42. The van der Waals surface area contributed by atoms with Gasteiger partial charge in [0.05, 0.1) is 13.7 Å². The van der Waals surface area contributed by atoms with Crippen LogP contribution in [-0.4, -0.2) is 41.8 Å². The molecular formula is C13H14FNO5. The molecule has 20 heavy (non-hydrogen) atoms. The molecule has 0 heterocycles. The molecule has 0 radical (unpaired) electrons. The highest BCUT2D eigenvalue weighted by Gasteiger charge is 2.17. The summed E-state index contributed by atoms with van der Waals surface area (Å²) >= 11 is 0. The van der Waals surface area contributed by atoms with E-state index in [9.17, 15) is 14.0 Å². The number of rotatable bonds is 6. The minimum absolute atomic E-state index is 0.0813. The van der Waals surface area contributed by atoms with E-state index in [4.69, 9.17) is 14.9 Å². The maximum Gasteiger partial charge on any atom is 0.328 e. The molecule has 0 aliphatic heterocycles. The fourth-order valence-corrected chi connectivity index (χ4v) is 1.36. The number of hydrogen-bond acceptors (Lipinski definition) is 4. The average Bonchev–Trinajstić information content (AvgIpc) is 2.42. The predicted molar refractivity (Wildman–Crippen MR) is 68.6 cm³/mol. The molecule has 0 aromatic heterocycles. The number of carbonyl (C=O) groups excluding carboxylic acids is 1. The number of amides is 1. The van der Waals surface area contributed by atoms with Crippen molar-refractivity contribution in [1.29, 1.82) is 0 Å². The molecule has 0 fully saturated rings. The number of methoxy groups -OCH3 is 1. The Morgan fingerprint density at radius 2 is 2.20 bits per heavy atom. The molecule has 6 nitrogen and oxygen atoms in total. The van der Waals surface area contributed by atoms with Gasteiger partial charge in [0.2, 0.25) is 5.91 Å². The van der Waals surface area contributed by atoms with Gasteiger partial charge in [-0.05, 0) is 23.8 Å². The third-order valence-corrected chi connectivity index (χ3v) is 2.40. The van der Waals surface area contributed by atoms with Gasteiger partial charge in [-0.1, -0.05) is 6.07 Å². The number of aliphatic carboxylic acids is 1. The summed E-state index contributed by atoms with van der Waals surface area (Å²) in [5, 5.41) is 19.5. The monoisotopic (exact) mass is 283 g/mol. The summed E-state index contributed by atoms with van der Waals surface area (Å²) in [6.07, 6.45) is 2.36. The van der Waals surface area contributed by atoms with Gasteiger partial charge in [-0.25, -0.2) is 9.18 Å². The van der Waals surface area contributed by atoms with Crippen molar-refractivity contribution in [2.45, 2.75) is 6.04 Å². The second-order valence-corrected chi connectivity index (χ2v) is 3.81. The fourth-order valence-electron chi connectivity index (χ4n) is 1.36. The molecule has 0 saturated carbocycles. The van der Waals surface area contributed by atoms with Crippen molar-refractivity contribution in [2.75, 3.05) is 13.7 Å². The van der Waals surface area contributed by atoms with E-state index in [-0.39, 0.29) is 5.75 Å². The summed E-state index contributed by atoms with van der Waals surface area (Å²) in [6.45, 7) is -0.716. The number of halogens is 1. The largest absolute Gasteiger partial charge is 0.494 e. The number of hydrogen-bond donors (Lipinski definition) is 3. The van der Waals surface area contributed by atoms with E-state index >= 15 is 0 Å². The molecule has 0 unspecified atom stereocenters. The Labute approximate surface area is 114 Å².